The molecule has 8 heteroatoms. The number of carbonyl (C=O) groups excluding carboxylic acids is 1. The molecule has 0 unspecified atom stereocenters. The predicted molar refractivity (Wildman–Crippen MR) is 73.6 cm³/mol. The van der Waals surface area contributed by atoms with E-state index in [1.54, 1.807) is 4.90 Å². The Morgan fingerprint density at radius 2 is 1.80 bits per heavy atom. The Labute approximate surface area is 119 Å². The van der Waals surface area contributed by atoms with E-state index >= 15 is 0 Å². The van der Waals surface area contributed by atoms with Crippen LogP contribution in [0.15, 0.2) is 0 Å². The third kappa shape index (κ3) is 5.09. The van der Waals surface area contributed by atoms with Crippen LogP contribution in [0, 0.1) is 5.92 Å². The third-order valence-corrected chi connectivity index (χ3v) is 4.22. The Morgan fingerprint density at radius 3 is 2.20 bits per heavy atom. The van der Waals surface area contributed by atoms with E-state index in [-0.39, 0.29) is 18.2 Å². The normalized spacial score (nSPS) is 18.1. The molecule has 116 valence electrons. The van der Waals surface area contributed by atoms with Crippen molar-refractivity contribution in [2.75, 3.05) is 19.3 Å². The van der Waals surface area contributed by atoms with Gasteiger partial charge in [0.05, 0.1) is 6.26 Å². The highest BCUT2D eigenvalue weighted by atomic mass is 32.2. The molecule has 0 atom stereocenters. The van der Waals surface area contributed by atoms with Crippen LogP contribution in [0.1, 0.15) is 33.1 Å². The highest BCUT2D eigenvalue weighted by Gasteiger charge is 2.36. The van der Waals surface area contributed by atoms with Gasteiger partial charge < -0.3 is 10.0 Å². The molecule has 0 aromatic rings. The minimum atomic E-state index is -3.47. The van der Waals surface area contributed by atoms with E-state index in [9.17, 15) is 18.0 Å². The number of nitrogens with one attached hydrogen (secondary N) is 1. The Kier molecular flexibility index (Phi) is 5.15. The summed E-state index contributed by atoms with van der Waals surface area (Å²) >= 11 is 0. The van der Waals surface area contributed by atoms with Crippen LogP contribution in [0.5, 0.6) is 0 Å². The van der Waals surface area contributed by atoms with Crippen LogP contribution >= 0.6 is 0 Å². The topological polar surface area (TPSA) is 104 Å². The van der Waals surface area contributed by atoms with Crippen molar-refractivity contribution in [2.45, 2.75) is 38.6 Å². The molecule has 7 nitrogen and oxygen atoms in total. The molecule has 1 aliphatic heterocycles. The summed E-state index contributed by atoms with van der Waals surface area (Å²) in [5, 5.41) is 8.74. The third-order valence-electron chi connectivity index (χ3n) is 3.34. The van der Waals surface area contributed by atoms with Gasteiger partial charge in [-0.05, 0) is 32.6 Å². The van der Waals surface area contributed by atoms with E-state index in [1.165, 1.54) is 13.8 Å². The predicted octanol–water partition coefficient (Wildman–Crippen LogP) is 0.0275. The maximum Gasteiger partial charge on any atom is 0.303 e. The molecule has 1 aliphatic rings. The first-order chi connectivity index (χ1) is 9.01. The zero-order chi connectivity index (χ0) is 15.6. The number of hydrogen-bond acceptors (Lipinski definition) is 4. The first-order valence-corrected chi connectivity index (χ1v) is 8.40. The summed E-state index contributed by atoms with van der Waals surface area (Å²) in [6.45, 7) is 3.98. The van der Waals surface area contributed by atoms with Gasteiger partial charge in [0.1, 0.15) is 5.54 Å². The monoisotopic (exact) mass is 306 g/mol. The fourth-order valence-corrected chi connectivity index (χ4v) is 3.50. The van der Waals surface area contributed by atoms with Crippen molar-refractivity contribution in [3.8, 4) is 0 Å². The number of carbonyl (C=O) groups is 2. The number of piperidine rings is 1. The van der Waals surface area contributed by atoms with Gasteiger partial charge in [0.25, 0.3) is 0 Å². The van der Waals surface area contributed by atoms with Crippen LogP contribution in [0.3, 0.4) is 0 Å². The number of likely N-dealkylation sites (tertiary alicyclic amines) is 1. The van der Waals surface area contributed by atoms with Gasteiger partial charge >= 0.3 is 5.97 Å². The van der Waals surface area contributed by atoms with Crippen LogP contribution in [0.4, 0.5) is 0 Å². The van der Waals surface area contributed by atoms with Crippen molar-refractivity contribution < 1.29 is 23.1 Å². The minimum absolute atomic E-state index is 0.0857. The summed E-state index contributed by atoms with van der Waals surface area (Å²) in [6, 6.07) is 0. The Bertz CT molecular complexity index is 478. The molecule has 20 heavy (non-hydrogen) atoms. The summed E-state index contributed by atoms with van der Waals surface area (Å²) in [5.41, 5.74) is -1.19. The Balaban J connectivity index is 2.60. The number of hydrogen-bond donors (Lipinski definition) is 2. The van der Waals surface area contributed by atoms with Gasteiger partial charge in [-0.2, -0.15) is 0 Å². The van der Waals surface area contributed by atoms with Crippen molar-refractivity contribution >= 4 is 21.9 Å². The summed E-state index contributed by atoms with van der Waals surface area (Å²) < 4.78 is 24.8. The highest BCUT2D eigenvalue weighted by Crippen LogP contribution is 2.22. The van der Waals surface area contributed by atoms with Gasteiger partial charge in [-0.25, -0.2) is 13.1 Å². The molecule has 0 aromatic heterocycles. The zero-order valence-corrected chi connectivity index (χ0v) is 12.9. The van der Waals surface area contributed by atoms with E-state index in [2.05, 4.69) is 4.72 Å². The average Bonchev–Trinajstić information content (AvgIpc) is 2.25. The van der Waals surface area contributed by atoms with E-state index in [0.717, 1.165) is 6.26 Å². The zero-order valence-electron chi connectivity index (χ0n) is 12.0. The van der Waals surface area contributed by atoms with Crippen molar-refractivity contribution in [3.63, 3.8) is 0 Å². The van der Waals surface area contributed by atoms with Gasteiger partial charge in [0, 0.05) is 19.5 Å². The molecule has 0 spiro atoms. The van der Waals surface area contributed by atoms with Crippen LogP contribution in [-0.2, 0) is 19.6 Å². The first kappa shape index (κ1) is 16.9. The number of carboxylic acids is 1. The Hall–Kier alpha value is -1.15. The lowest BCUT2D eigenvalue weighted by Gasteiger charge is -2.36. The molecule has 0 aliphatic carbocycles. The highest BCUT2D eigenvalue weighted by molar-refractivity contribution is 7.88. The summed E-state index contributed by atoms with van der Waals surface area (Å²) in [6.07, 6.45) is 2.40. The number of amides is 1. The molecule has 1 rings (SSSR count). The van der Waals surface area contributed by atoms with Crippen molar-refractivity contribution in [1.29, 1.82) is 0 Å². The molecule has 0 saturated carbocycles. The van der Waals surface area contributed by atoms with E-state index in [0.29, 0.717) is 25.9 Å². The molecule has 1 amide bonds. The number of aliphatic carboxylic acids is 1. The van der Waals surface area contributed by atoms with Crippen LogP contribution < -0.4 is 4.72 Å². The Morgan fingerprint density at radius 1 is 1.30 bits per heavy atom. The van der Waals surface area contributed by atoms with Crippen LogP contribution in [0.2, 0.25) is 0 Å². The van der Waals surface area contributed by atoms with Crippen molar-refractivity contribution in [1.82, 2.24) is 9.62 Å². The summed E-state index contributed by atoms with van der Waals surface area (Å²) in [5.74, 6) is -1.02. The standard InChI is InChI=1S/C12H22N2O5S/c1-12(2,13-20(3,18)19)11(17)14-6-4-9(5-7-14)8-10(15)16/h9,13H,4-8H2,1-3H3,(H,15,16). The van der Waals surface area contributed by atoms with E-state index in [1.807, 2.05) is 0 Å². The number of carboxylic acid groups (broad SMARTS) is 1. The minimum Gasteiger partial charge on any atom is -0.481 e. The molecular weight excluding hydrogens is 284 g/mol. The lowest BCUT2D eigenvalue weighted by molar-refractivity contribution is -0.139. The second-order valence-electron chi connectivity index (χ2n) is 5.83. The fraction of sp³-hybridized carbons (Fsp3) is 0.833. The van der Waals surface area contributed by atoms with Crippen LogP contribution in [0.25, 0.3) is 0 Å². The molecule has 0 aromatic carbocycles. The van der Waals surface area contributed by atoms with Gasteiger partial charge in [-0.1, -0.05) is 0 Å². The van der Waals surface area contributed by atoms with E-state index in [4.69, 9.17) is 5.11 Å². The fourth-order valence-electron chi connectivity index (χ4n) is 2.49. The maximum atomic E-state index is 12.3. The number of nitrogens with zero attached hydrogens (tertiary/aromatic N) is 1. The van der Waals surface area contributed by atoms with Gasteiger partial charge in [-0.15, -0.1) is 0 Å². The summed E-state index contributed by atoms with van der Waals surface area (Å²) in [4.78, 5) is 24.5. The number of sulfonamides is 1. The lowest BCUT2D eigenvalue weighted by atomic mass is 9.92. The summed E-state index contributed by atoms with van der Waals surface area (Å²) in [7, 11) is -3.47. The second kappa shape index (κ2) is 6.09. The molecule has 0 radical (unpaired) electrons. The second-order valence-corrected chi connectivity index (χ2v) is 7.58. The smallest absolute Gasteiger partial charge is 0.303 e. The van der Waals surface area contributed by atoms with E-state index < -0.39 is 21.5 Å². The molecule has 2 N–H and O–H groups in total. The lowest BCUT2D eigenvalue weighted by Crippen LogP contribution is -2.57. The van der Waals surface area contributed by atoms with Crippen molar-refractivity contribution in [2.24, 2.45) is 5.92 Å². The molecule has 1 fully saturated rings. The maximum absolute atomic E-state index is 12.3. The molecule has 1 heterocycles. The van der Waals surface area contributed by atoms with Crippen molar-refractivity contribution in [3.05, 3.63) is 0 Å². The van der Waals surface area contributed by atoms with Crippen LogP contribution in [-0.4, -0.2) is 55.2 Å². The van der Waals surface area contributed by atoms with Gasteiger partial charge in [0.15, 0.2) is 0 Å². The SMILES string of the molecule is CC(C)(NS(C)(=O)=O)C(=O)N1CCC(CC(=O)O)CC1. The van der Waals surface area contributed by atoms with Gasteiger partial charge in [0.2, 0.25) is 15.9 Å². The quantitative estimate of drug-likeness (QED) is 0.745. The molecular formula is C12H22N2O5S. The first-order valence-electron chi connectivity index (χ1n) is 6.51. The largest absolute Gasteiger partial charge is 0.481 e. The number of rotatable bonds is 5. The molecule has 0 bridgehead atoms. The average molecular weight is 306 g/mol. The van der Waals surface area contributed by atoms with Gasteiger partial charge in [-0.3, -0.25) is 9.59 Å². The molecule has 1 saturated heterocycles.